The number of hydrazone groups is 1. The summed E-state index contributed by atoms with van der Waals surface area (Å²) in [7, 11) is 0. The fourth-order valence-corrected chi connectivity index (χ4v) is 2.64. The highest BCUT2D eigenvalue weighted by atomic mass is 19.4. The molecule has 1 aliphatic rings. The molecule has 3 rings (SSSR count). The molecule has 1 aromatic heterocycles. The van der Waals surface area contributed by atoms with E-state index in [4.69, 9.17) is 0 Å². The molecule has 1 aliphatic heterocycles. The van der Waals surface area contributed by atoms with Gasteiger partial charge in [-0.25, -0.2) is 4.98 Å². The highest BCUT2D eigenvalue weighted by molar-refractivity contribution is 6.00. The summed E-state index contributed by atoms with van der Waals surface area (Å²) in [6.07, 6.45) is -2.21. The fraction of sp³-hybridized carbons (Fsp3) is 0.278. The second kappa shape index (κ2) is 7.15. The summed E-state index contributed by atoms with van der Waals surface area (Å²) in [5, 5.41) is 4.14. The molecule has 1 saturated heterocycles. The number of amides is 1. The van der Waals surface area contributed by atoms with E-state index in [2.05, 4.69) is 15.5 Å². The third-order valence-electron chi connectivity index (χ3n) is 4.10. The fourth-order valence-electron chi connectivity index (χ4n) is 2.64. The van der Waals surface area contributed by atoms with Crippen LogP contribution in [-0.2, 0) is 11.0 Å². The van der Waals surface area contributed by atoms with Crippen molar-refractivity contribution in [2.75, 3.05) is 16.9 Å². The van der Waals surface area contributed by atoms with Crippen LogP contribution in [0.5, 0.6) is 0 Å². The van der Waals surface area contributed by atoms with Crippen molar-refractivity contribution in [1.29, 1.82) is 0 Å². The summed E-state index contributed by atoms with van der Waals surface area (Å²) in [4.78, 5) is 17.2. The second-order valence-corrected chi connectivity index (χ2v) is 5.93. The lowest BCUT2D eigenvalue weighted by atomic mass is 10.1. The van der Waals surface area contributed by atoms with E-state index in [9.17, 15) is 18.0 Å². The van der Waals surface area contributed by atoms with E-state index in [0.717, 1.165) is 36.5 Å². The SMILES string of the molecule is C/C(=N/Nc1ccc(C(F)(F)F)cn1)c1ccc(N2CCCC2=O)cc1. The van der Waals surface area contributed by atoms with Gasteiger partial charge in [0, 0.05) is 24.8 Å². The molecule has 0 atom stereocenters. The summed E-state index contributed by atoms with van der Waals surface area (Å²) in [6, 6.07) is 9.58. The topological polar surface area (TPSA) is 57.6 Å². The number of hydrogen-bond donors (Lipinski definition) is 1. The van der Waals surface area contributed by atoms with Crippen LogP contribution in [0.25, 0.3) is 0 Å². The van der Waals surface area contributed by atoms with Crippen LogP contribution in [0.4, 0.5) is 24.7 Å². The molecule has 0 spiro atoms. The zero-order valence-electron chi connectivity index (χ0n) is 14.0. The standard InChI is InChI=1S/C18H17F3N4O/c1-12(23-24-16-9-6-14(11-22-16)18(19,20)21)13-4-7-15(8-5-13)25-10-2-3-17(25)26/h4-9,11H,2-3,10H2,1H3,(H,22,24)/b23-12-. The zero-order valence-corrected chi connectivity index (χ0v) is 14.0. The Morgan fingerprint density at radius 2 is 1.92 bits per heavy atom. The molecule has 8 heteroatoms. The predicted molar refractivity (Wildman–Crippen MR) is 93.1 cm³/mol. The number of halogens is 3. The van der Waals surface area contributed by atoms with Gasteiger partial charge in [-0.05, 0) is 43.2 Å². The van der Waals surface area contributed by atoms with E-state index < -0.39 is 11.7 Å². The minimum absolute atomic E-state index is 0.123. The molecule has 0 radical (unpaired) electrons. The zero-order chi connectivity index (χ0) is 18.7. The number of rotatable bonds is 4. The Bertz CT molecular complexity index is 814. The van der Waals surface area contributed by atoms with Crippen molar-refractivity contribution < 1.29 is 18.0 Å². The maximum Gasteiger partial charge on any atom is 0.417 e. The number of carbonyl (C=O) groups excluding carboxylic acids is 1. The largest absolute Gasteiger partial charge is 0.417 e. The van der Waals surface area contributed by atoms with Gasteiger partial charge in [0.25, 0.3) is 0 Å². The van der Waals surface area contributed by atoms with Crippen LogP contribution in [0.2, 0.25) is 0 Å². The van der Waals surface area contributed by atoms with Crippen LogP contribution >= 0.6 is 0 Å². The Morgan fingerprint density at radius 3 is 2.46 bits per heavy atom. The minimum atomic E-state index is -4.41. The van der Waals surface area contributed by atoms with E-state index in [1.807, 2.05) is 24.3 Å². The quantitative estimate of drug-likeness (QED) is 0.659. The van der Waals surface area contributed by atoms with Crippen LogP contribution < -0.4 is 10.3 Å². The number of benzene rings is 1. The molecule has 0 bridgehead atoms. The highest BCUT2D eigenvalue weighted by Gasteiger charge is 2.30. The van der Waals surface area contributed by atoms with Crippen LogP contribution in [0.1, 0.15) is 30.9 Å². The number of pyridine rings is 1. The normalized spacial score (nSPS) is 15.5. The van der Waals surface area contributed by atoms with Gasteiger partial charge in [-0.3, -0.25) is 10.2 Å². The summed E-state index contributed by atoms with van der Waals surface area (Å²) in [5.41, 5.74) is 4.16. The molecular formula is C18H17F3N4O. The molecule has 1 fully saturated rings. The molecule has 2 heterocycles. The van der Waals surface area contributed by atoms with Crippen LogP contribution in [0, 0.1) is 0 Å². The smallest absolute Gasteiger partial charge is 0.312 e. The Morgan fingerprint density at radius 1 is 1.19 bits per heavy atom. The van der Waals surface area contributed by atoms with Crippen molar-refractivity contribution in [3.8, 4) is 0 Å². The lowest BCUT2D eigenvalue weighted by Crippen LogP contribution is -2.23. The Labute approximate surface area is 148 Å². The number of carbonyl (C=O) groups is 1. The number of nitrogens with one attached hydrogen (secondary N) is 1. The molecular weight excluding hydrogens is 345 g/mol. The lowest BCUT2D eigenvalue weighted by molar-refractivity contribution is -0.137. The van der Waals surface area contributed by atoms with Crippen molar-refractivity contribution >= 4 is 23.1 Å². The van der Waals surface area contributed by atoms with Gasteiger partial charge in [-0.1, -0.05) is 12.1 Å². The van der Waals surface area contributed by atoms with Crippen LogP contribution in [0.15, 0.2) is 47.7 Å². The molecule has 0 saturated carbocycles. The van der Waals surface area contributed by atoms with Gasteiger partial charge in [0.15, 0.2) is 0 Å². The van der Waals surface area contributed by atoms with Gasteiger partial charge < -0.3 is 4.90 Å². The van der Waals surface area contributed by atoms with Crippen LogP contribution in [-0.4, -0.2) is 23.1 Å². The van der Waals surface area contributed by atoms with E-state index in [-0.39, 0.29) is 11.7 Å². The summed E-state index contributed by atoms with van der Waals surface area (Å²) < 4.78 is 37.5. The molecule has 5 nitrogen and oxygen atoms in total. The maximum absolute atomic E-state index is 12.5. The van der Waals surface area contributed by atoms with Gasteiger partial charge in [-0.2, -0.15) is 18.3 Å². The lowest BCUT2D eigenvalue weighted by Gasteiger charge is -2.15. The number of nitrogens with zero attached hydrogens (tertiary/aromatic N) is 3. The average molecular weight is 362 g/mol. The first-order valence-electron chi connectivity index (χ1n) is 8.09. The predicted octanol–water partition coefficient (Wildman–Crippen LogP) is 4.06. The molecule has 2 aromatic rings. The third-order valence-corrected chi connectivity index (χ3v) is 4.10. The van der Waals surface area contributed by atoms with Gasteiger partial charge in [0.1, 0.15) is 5.82 Å². The van der Waals surface area contributed by atoms with Gasteiger partial charge in [0.05, 0.1) is 11.3 Å². The Hall–Kier alpha value is -2.90. The number of hydrogen-bond acceptors (Lipinski definition) is 4. The number of alkyl halides is 3. The summed E-state index contributed by atoms with van der Waals surface area (Å²) in [5.74, 6) is 0.342. The first kappa shape index (κ1) is 17.9. The van der Waals surface area contributed by atoms with Gasteiger partial charge >= 0.3 is 6.18 Å². The third kappa shape index (κ3) is 4.01. The van der Waals surface area contributed by atoms with E-state index in [1.165, 1.54) is 6.07 Å². The van der Waals surface area contributed by atoms with Crippen molar-refractivity contribution in [2.45, 2.75) is 25.9 Å². The second-order valence-electron chi connectivity index (χ2n) is 5.93. The minimum Gasteiger partial charge on any atom is -0.312 e. The van der Waals surface area contributed by atoms with E-state index in [0.29, 0.717) is 12.1 Å². The molecule has 1 amide bonds. The average Bonchev–Trinajstić information content (AvgIpc) is 3.05. The first-order valence-corrected chi connectivity index (χ1v) is 8.09. The monoisotopic (exact) mass is 362 g/mol. The van der Waals surface area contributed by atoms with Crippen molar-refractivity contribution in [3.05, 3.63) is 53.7 Å². The highest BCUT2D eigenvalue weighted by Crippen LogP contribution is 2.28. The van der Waals surface area contributed by atoms with Crippen molar-refractivity contribution in [3.63, 3.8) is 0 Å². The number of anilines is 2. The summed E-state index contributed by atoms with van der Waals surface area (Å²) in [6.45, 7) is 2.50. The van der Waals surface area contributed by atoms with E-state index >= 15 is 0 Å². The van der Waals surface area contributed by atoms with Crippen molar-refractivity contribution in [1.82, 2.24) is 4.98 Å². The Kier molecular flexibility index (Phi) is 4.92. The first-order chi connectivity index (χ1) is 12.3. The van der Waals surface area contributed by atoms with Crippen LogP contribution in [0.3, 0.4) is 0 Å². The molecule has 136 valence electrons. The summed E-state index contributed by atoms with van der Waals surface area (Å²) >= 11 is 0. The van der Waals surface area contributed by atoms with E-state index in [1.54, 1.807) is 11.8 Å². The maximum atomic E-state index is 12.5. The number of aromatic nitrogens is 1. The molecule has 0 aliphatic carbocycles. The van der Waals surface area contributed by atoms with Gasteiger partial charge in [-0.15, -0.1) is 0 Å². The molecule has 0 unspecified atom stereocenters. The molecule has 1 N–H and O–H groups in total. The Balaban J connectivity index is 1.67. The van der Waals surface area contributed by atoms with Gasteiger partial charge in [0.2, 0.25) is 5.91 Å². The molecule has 26 heavy (non-hydrogen) atoms. The van der Waals surface area contributed by atoms with Crippen molar-refractivity contribution in [2.24, 2.45) is 5.10 Å². The molecule has 1 aromatic carbocycles.